The maximum absolute atomic E-state index is 13.5. The minimum atomic E-state index is -8.46. The lowest BCUT2D eigenvalue weighted by molar-refractivity contribution is -0.425. The third kappa shape index (κ3) is 2.89. The number of halogens is 12. The Morgan fingerprint density at radius 3 is 0.885 bits per heavy atom. The maximum Gasteiger partial charge on any atom is 0.460 e. The van der Waals surface area contributed by atoms with Gasteiger partial charge in [0, 0.05) is 0 Å². The molecular weight excluding hydrogens is 460 g/mol. The van der Waals surface area contributed by atoms with Crippen molar-refractivity contribution in [3.05, 3.63) is 0 Å². The molecule has 0 unspecified atom stereocenters. The van der Waals surface area contributed by atoms with Crippen LogP contribution in [-0.2, 0) is 20.2 Å². The van der Waals surface area contributed by atoms with Crippen molar-refractivity contribution in [2.45, 2.75) is 34.2 Å². The van der Waals surface area contributed by atoms with Crippen LogP contribution in [0.5, 0.6) is 0 Å². The minimum Gasteiger partial charge on any atom is -0.282 e. The molecule has 0 aromatic heterocycles. The summed E-state index contributed by atoms with van der Waals surface area (Å²) in [4.78, 5) is 0. The van der Waals surface area contributed by atoms with E-state index in [4.69, 9.17) is 9.11 Å². The van der Waals surface area contributed by atoms with Crippen LogP contribution in [0, 0.1) is 0 Å². The monoisotopic (exact) mass is 462 g/mol. The fraction of sp³-hybridized carbons (Fsp3) is 1.00. The van der Waals surface area contributed by atoms with Crippen molar-refractivity contribution in [3.8, 4) is 0 Å². The second-order valence-electron chi connectivity index (χ2n) is 4.28. The van der Waals surface area contributed by atoms with Gasteiger partial charge in [-0.25, -0.2) is 0 Å². The van der Waals surface area contributed by atoms with Crippen molar-refractivity contribution < 1.29 is 78.6 Å². The standard InChI is InChI=1S/C6H2F12O6S2/c7-1(8,3(11,12)5(15,16)17)2(9,10)4(13,14)6(18,25(19,20)21)26(22,23)24/h(H,19,20,21)(H,22,23,24). The third-order valence-corrected chi connectivity index (χ3v) is 5.68. The average molecular weight is 462 g/mol. The molecule has 0 aromatic carbocycles. The predicted molar refractivity (Wildman–Crippen MR) is 52.8 cm³/mol. The lowest BCUT2D eigenvalue weighted by Crippen LogP contribution is -2.73. The molecule has 0 bridgehead atoms. The van der Waals surface area contributed by atoms with Crippen molar-refractivity contribution in [1.82, 2.24) is 0 Å². The summed E-state index contributed by atoms with van der Waals surface area (Å²) >= 11 is 0. The Bertz CT molecular complexity index is 733. The van der Waals surface area contributed by atoms with E-state index in [9.17, 15) is 69.5 Å². The van der Waals surface area contributed by atoms with Gasteiger partial charge in [-0.05, 0) is 0 Å². The SMILES string of the molecule is O=S(=O)(O)C(F)(C(F)(F)C(F)(F)C(F)(F)C(F)(F)C(F)(F)F)S(=O)(=O)O. The van der Waals surface area contributed by atoms with E-state index in [1.807, 2.05) is 0 Å². The molecule has 0 aliphatic carbocycles. The highest BCUT2D eigenvalue weighted by Gasteiger charge is 2.94. The molecule has 0 fully saturated rings. The molecule has 0 radical (unpaired) electrons. The highest BCUT2D eigenvalue weighted by molar-refractivity contribution is 8.05. The van der Waals surface area contributed by atoms with E-state index in [0.29, 0.717) is 0 Å². The summed E-state index contributed by atoms with van der Waals surface area (Å²) in [6, 6.07) is 0. The molecule has 0 amide bonds. The van der Waals surface area contributed by atoms with E-state index >= 15 is 0 Å². The smallest absolute Gasteiger partial charge is 0.282 e. The Balaban J connectivity index is 7.07. The highest BCUT2D eigenvalue weighted by Crippen LogP contribution is 2.61. The van der Waals surface area contributed by atoms with Crippen LogP contribution in [0.2, 0.25) is 0 Å². The van der Waals surface area contributed by atoms with E-state index in [2.05, 4.69) is 0 Å². The molecule has 0 atom stereocenters. The lowest BCUT2D eigenvalue weighted by Gasteiger charge is -2.39. The average Bonchev–Trinajstić information content (AvgIpc) is 2.32. The Morgan fingerprint density at radius 1 is 0.462 bits per heavy atom. The first-order valence-corrected chi connectivity index (χ1v) is 7.84. The zero-order valence-electron chi connectivity index (χ0n) is 10.9. The van der Waals surface area contributed by atoms with Gasteiger partial charge in [-0.2, -0.15) is 69.5 Å². The van der Waals surface area contributed by atoms with Crippen molar-refractivity contribution >= 4 is 20.2 Å². The minimum absolute atomic E-state index is 7.55. The Hall–Kier alpha value is -1.02. The fourth-order valence-electron chi connectivity index (χ4n) is 1.22. The van der Waals surface area contributed by atoms with Crippen LogP contribution >= 0.6 is 0 Å². The van der Waals surface area contributed by atoms with Crippen molar-refractivity contribution in [1.29, 1.82) is 0 Å². The molecule has 0 spiro atoms. The lowest BCUT2D eigenvalue weighted by atomic mass is 9.98. The van der Waals surface area contributed by atoms with Crippen LogP contribution in [0.1, 0.15) is 0 Å². The molecule has 6 nitrogen and oxygen atoms in total. The Labute approximate surface area is 134 Å². The first kappa shape index (κ1) is 25.0. The molecular formula is C6H2F12O6S2. The van der Waals surface area contributed by atoms with E-state index in [1.165, 1.54) is 0 Å². The summed E-state index contributed by atoms with van der Waals surface area (Å²) in [5.74, 6) is -33.2. The highest BCUT2D eigenvalue weighted by atomic mass is 32.3. The van der Waals surface area contributed by atoms with E-state index in [1.54, 1.807) is 0 Å². The van der Waals surface area contributed by atoms with Gasteiger partial charge in [0.15, 0.2) is 0 Å². The van der Waals surface area contributed by atoms with Gasteiger partial charge in [-0.3, -0.25) is 9.11 Å². The van der Waals surface area contributed by atoms with Gasteiger partial charge in [0.1, 0.15) is 0 Å². The second kappa shape index (κ2) is 5.74. The summed E-state index contributed by atoms with van der Waals surface area (Å²) in [6.45, 7) is 0. The van der Waals surface area contributed by atoms with Crippen molar-refractivity contribution in [3.63, 3.8) is 0 Å². The third-order valence-electron chi connectivity index (χ3n) is 2.58. The van der Waals surface area contributed by atoms with Gasteiger partial charge in [-0.15, -0.1) is 0 Å². The predicted octanol–water partition coefficient (Wildman–Crippen LogP) is 2.49. The van der Waals surface area contributed by atoms with Crippen LogP contribution in [-0.4, -0.2) is 60.1 Å². The van der Waals surface area contributed by atoms with Crippen LogP contribution in [0.15, 0.2) is 0 Å². The Kier molecular flexibility index (Phi) is 5.51. The topological polar surface area (TPSA) is 109 Å². The molecule has 0 saturated heterocycles. The van der Waals surface area contributed by atoms with Gasteiger partial charge in [0.05, 0.1) is 0 Å². The molecule has 0 aliphatic heterocycles. The van der Waals surface area contributed by atoms with Gasteiger partial charge in [0.25, 0.3) is 0 Å². The zero-order valence-corrected chi connectivity index (χ0v) is 12.5. The molecule has 2 N–H and O–H groups in total. The fourth-order valence-corrected chi connectivity index (χ4v) is 3.19. The van der Waals surface area contributed by atoms with Crippen molar-refractivity contribution in [2.75, 3.05) is 0 Å². The summed E-state index contributed by atoms with van der Waals surface area (Å²) in [5, 5.41) is 0. The Morgan fingerprint density at radius 2 is 0.692 bits per heavy atom. The number of hydrogen-bond donors (Lipinski definition) is 2. The molecule has 0 heterocycles. The quantitative estimate of drug-likeness (QED) is 0.464. The number of hydrogen-bond acceptors (Lipinski definition) is 4. The van der Waals surface area contributed by atoms with Crippen LogP contribution in [0.4, 0.5) is 52.7 Å². The van der Waals surface area contributed by atoms with Gasteiger partial charge in [-0.1, -0.05) is 0 Å². The van der Waals surface area contributed by atoms with Gasteiger partial charge >= 0.3 is 54.4 Å². The van der Waals surface area contributed by atoms with Crippen molar-refractivity contribution in [2.24, 2.45) is 0 Å². The molecule has 26 heavy (non-hydrogen) atoms. The largest absolute Gasteiger partial charge is 0.460 e. The first-order valence-electron chi connectivity index (χ1n) is 4.96. The molecule has 0 rings (SSSR count). The normalized spacial score (nSPS) is 16.7. The first-order chi connectivity index (χ1) is 10.8. The molecule has 0 aromatic rings. The van der Waals surface area contributed by atoms with Crippen LogP contribution < -0.4 is 0 Å². The van der Waals surface area contributed by atoms with E-state index < -0.39 is 54.4 Å². The zero-order chi connectivity index (χ0) is 22.0. The molecule has 158 valence electrons. The van der Waals surface area contributed by atoms with Crippen LogP contribution in [0.3, 0.4) is 0 Å². The van der Waals surface area contributed by atoms with E-state index in [0.717, 1.165) is 0 Å². The van der Waals surface area contributed by atoms with Gasteiger partial charge in [0.2, 0.25) is 0 Å². The summed E-state index contributed by atoms with van der Waals surface area (Å²) in [5.41, 5.74) is 0. The number of alkyl halides is 12. The van der Waals surface area contributed by atoms with E-state index in [-0.39, 0.29) is 0 Å². The molecule has 0 saturated carbocycles. The van der Waals surface area contributed by atoms with Crippen LogP contribution in [0.25, 0.3) is 0 Å². The molecule has 20 heteroatoms. The second-order valence-corrected chi connectivity index (χ2v) is 7.57. The van der Waals surface area contributed by atoms with Gasteiger partial charge < -0.3 is 0 Å². The number of rotatable bonds is 6. The maximum atomic E-state index is 13.5. The summed E-state index contributed by atoms with van der Waals surface area (Å²) < 4.78 is 202. The summed E-state index contributed by atoms with van der Waals surface area (Å²) in [7, 11) is -15.8. The molecule has 0 aliphatic rings. The summed E-state index contributed by atoms with van der Waals surface area (Å²) in [6.07, 6.45) is -7.70.